The number of alkyl halides is 3. The minimum Gasteiger partial charge on any atom is -0.484 e. The Balaban J connectivity index is 2.13. The normalized spacial score (nSPS) is 11.6. The third kappa shape index (κ3) is 3.63. The van der Waals surface area contributed by atoms with Crippen LogP contribution in [0.1, 0.15) is 11.3 Å². The van der Waals surface area contributed by atoms with Crippen LogP contribution in [0.4, 0.5) is 13.2 Å². The average molecular weight is 273 g/mol. The number of ether oxygens (including phenoxy) is 1. The number of tetrazole rings is 1. The van der Waals surface area contributed by atoms with Gasteiger partial charge in [0, 0.05) is 11.8 Å². The summed E-state index contributed by atoms with van der Waals surface area (Å²) in [5, 5.41) is 10.6. The lowest BCUT2D eigenvalue weighted by Gasteiger charge is -2.13. The molecule has 0 saturated carbocycles. The number of hydrogen-bond donors (Lipinski definition) is 0. The number of hydrogen-bond acceptors (Lipinski definition) is 5. The SMILES string of the molecule is Cc1c(OCC(F)(F)F)ccnc1Cn1cnnn1. The van der Waals surface area contributed by atoms with Gasteiger partial charge in [0.25, 0.3) is 0 Å². The highest BCUT2D eigenvalue weighted by Crippen LogP contribution is 2.23. The standard InChI is InChI=1S/C10H10F3N5O/c1-7-8(4-18-6-15-16-17-18)14-3-2-9(7)19-5-10(11,12)13/h2-3,6H,4-5H2,1H3. The molecular formula is C10H10F3N5O. The highest BCUT2D eigenvalue weighted by atomic mass is 19.4. The van der Waals surface area contributed by atoms with Crippen molar-refractivity contribution in [2.24, 2.45) is 0 Å². The molecule has 9 heteroatoms. The van der Waals surface area contributed by atoms with Gasteiger partial charge in [0.2, 0.25) is 0 Å². The van der Waals surface area contributed by atoms with Crippen LogP contribution in [0.2, 0.25) is 0 Å². The van der Waals surface area contributed by atoms with Crippen molar-refractivity contribution < 1.29 is 17.9 Å². The summed E-state index contributed by atoms with van der Waals surface area (Å²) < 4.78 is 42.5. The minimum absolute atomic E-state index is 0.149. The zero-order chi connectivity index (χ0) is 13.9. The van der Waals surface area contributed by atoms with E-state index >= 15 is 0 Å². The Morgan fingerprint density at radius 3 is 2.79 bits per heavy atom. The van der Waals surface area contributed by atoms with Gasteiger partial charge >= 0.3 is 6.18 Å². The van der Waals surface area contributed by atoms with E-state index in [0.29, 0.717) is 11.3 Å². The molecule has 0 bridgehead atoms. The van der Waals surface area contributed by atoms with Gasteiger partial charge in [0.1, 0.15) is 12.1 Å². The summed E-state index contributed by atoms with van der Waals surface area (Å²) in [6.45, 7) is 0.572. The molecule has 2 rings (SSSR count). The van der Waals surface area contributed by atoms with Gasteiger partial charge in [-0.15, -0.1) is 5.10 Å². The molecule has 2 heterocycles. The first-order chi connectivity index (χ1) is 8.96. The lowest BCUT2D eigenvalue weighted by Crippen LogP contribution is -2.20. The van der Waals surface area contributed by atoms with E-state index in [-0.39, 0.29) is 12.3 Å². The first kappa shape index (κ1) is 13.2. The Bertz CT molecular complexity index is 541. The molecule has 0 unspecified atom stereocenters. The van der Waals surface area contributed by atoms with E-state index in [1.807, 2.05) is 0 Å². The molecule has 0 spiro atoms. The Hall–Kier alpha value is -2.19. The molecule has 0 aliphatic carbocycles. The van der Waals surface area contributed by atoms with E-state index in [1.54, 1.807) is 6.92 Å². The van der Waals surface area contributed by atoms with Crippen LogP contribution < -0.4 is 4.74 Å². The zero-order valence-corrected chi connectivity index (χ0v) is 9.92. The largest absolute Gasteiger partial charge is 0.484 e. The van der Waals surface area contributed by atoms with Gasteiger partial charge < -0.3 is 4.74 Å². The van der Waals surface area contributed by atoms with Crippen molar-refractivity contribution in [2.45, 2.75) is 19.6 Å². The summed E-state index contributed by atoms with van der Waals surface area (Å²) >= 11 is 0. The third-order valence-corrected chi connectivity index (χ3v) is 2.35. The maximum absolute atomic E-state index is 12.1. The zero-order valence-electron chi connectivity index (χ0n) is 9.92. The second-order valence-corrected chi connectivity index (χ2v) is 3.79. The van der Waals surface area contributed by atoms with Gasteiger partial charge in [-0.1, -0.05) is 0 Å². The first-order valence-electron chi connectivity index (χ1n) is 5.30. The van der Waals surface area contributed by atoms with Gasteiger partial charge in [-0.2, -0.15) is 13.2 Å². The molecule has 0 atom stereocenters. The van der Waals surface area contributed by atoms with E-state index in [0.717, 1.165) is 0 Å². The van der Waals surface area contributed by atoms with Crippen LogP contribution in [0, 0.1) is 6.92 Å². The molecule has 0 aliphatic heterocycles. The molecule has 2 aromatic heterocycles. The van der Waals surface area contributed by atoms with Gasteiger partial charge in [0.05, 0.1) is 12.2 Å². The van der Waals surface area contributed by atoms with Gasteiger partial charge in [0.15, 0.2) is 6.61 Å². The lowest BCUT2D eigenvalue weighted by atomic mass is 10.2. The summed E-state index contributed by atoms with van der Waals surface area (Å²) in [5.74, 6) is 0.149. The van der Waals surface area contributed by atoms with E-state index in [2.05, 4.69) is 20.5 Å². The predicted octanol–water partition coefficient (Wildman–Crippen LogP) is 1.37. The summed E-state index contributed by atoms with van der Waals surface area (Å²) in [5.41, 5.74) is 1.08. The molecule has 0 N–H and O–H groups in total. The van der Waals surface area contributed by atoms with Crippen molar-refractivity contribution in [3.8, 4) is 5.75 Å². The topological polar surface area (TPSA) is 65.7 Å². The second kappa shape index (κ2) is 5.21. The van der Waals surface area contributed by atoms with Crippen molar-refractivity contribution >= 4 is 0 Å². The molecular weight excluding hydrogens is 263 g/mol. The summed E-state index contributed by atoms with van der Waals surface area (Å²) in [4.78, 5) is 4.08. The maximum atomic E-state index is 12.1. The average Bonchev–Trinajstić information content (AvgIpc) is 2.82. The van der Waals surface area contributed by atoms with Crippen molar-refractivity contribution in [1.82, 2.24) is 25.2 Å². The molecule has 102 valence electrons. The van der Waals surface area contributed by atoms with Crippen molar-refractivity contribution in [3.63, 3.8) is 0 Å². The van der Waals surface area contributed by atoms with Crippen LogP contribution in [0.25, 0.3) is 0 Å². The van der Waals surface area contributed by atoms with Crippen molar-refractivity contribution in [2.75, 3.05) is 6.61 Å². The highest BCUT2D eigenvalue weighted by Gasteiger charge is 2.28. The van der Waals surface area contributed by atoms with Gasteiger partial charge in [-0.3, -0.25) is 4.98 Å². The Morgan fingerprint density at radius 2 is 2.16 bits per heavy atom. The molecule has 2 aromatic rings. The summed E-state index contributed by atoms with van der Waals surface area (Å²) in [7, 11) is 0. The van der Waals surface area contributed by atoms with Crippen LogP contribution in [0.3, 0.4) is 0 Å². The molecule has 19 heavy (non-hydrogen) atoms. The smallest absolute Gasteiger partial charge is 0.422 e. The Kier molecular flexibility index (Phi) is 3.63. The van der Waals surface area contributed by atoms with Crippen LogP contribution in [0.15, 0.2) is 18.6 Å². The number of pyridine rings is 1. The van der Waals surface area contributed by atoms with E-state index in [1.165, 1.54) is 23.3 Å². The van der Waals surface area contributed by atoms with Crippen LogP contribution >= 0.6 is 0 Å². The van der Waals surface area contributed by atoms with Crippen LogP contribution in [-0.4, -0.2) is 38.0 Å². The van der Waals surface area contributed by atoms with E-state index < -0.39 is 12.8 Å². The van der Waals surface area contributed by atoms with Gasteiger partial charge in [-0.05, 0) is 23.4 Å². The monoisotopic (exact) mass is 273 g/mol. The fourth-order valence-corrected chi connectivity index (χ4v) is 1.44. The fraction of sp³-hybridized carbons (Fsp3) is 0.400. The minimum atomic E-state index is -4.37. The van der Waals surface area contributed by atoms with Crippen LogP contribution in [-0.2, 0) is 6.54 Å². The molecule has 0 radical (unpaired) electrons. The van der Waals surface area contributed by atoms with Crippen LogP contribution in [0.5, 0.6) is 5.75 Å². The fourth-order valence-electron chi connectivity index (χ4n) is 1.44. The third-order valence-electron chi connectivity index (χ3n) is 2.35. The van der Waals surface area contributed by atoms with E-state index in [9.17, 15) is 13.2 Å². The number of rotatable bonds is 4. The number of nitrogens with zero attached hydrogens (tertiary/aromatic N) is 5. The second-order valence-electron chi connectivity index (χ2n) is 3.79. The highest BCUT2D eigenvalue weighted by molar-refractivity contribution is 5.34. The van der Waals surface area contributed by atoms with Gasteiger partial charge in [-0.25, -0.2) is 4.68 Å². The quantitative estimate of drug-likeness (QED) is 0.841. The molecule has 0 saturated heterocycles. The summed E-state index contributed by atoms with van der Waals surface area (Å²) in [6, 6.07) is 1.39. The molecule has 0 fully saturated rings. The Labute approximate surface area is 106 Å². The first-order valence-corrected chi connectivity index (χ1v) is 5.30. The van der Waals surface area contributed by atoms with Crippen molar-refractivity contribution in [1.29, 1.82) is 0 Å². The summed E-state index contributed by atoms with van der Waals surface area (Å²) in [6.07, 6.45) is -1.59. The molecule has 0 amide bonds. The lowest BCUT2D eigenvalue weighted by molar-refractivity contribution is -0.153. The van der Waals surface area contributed by atoms with E-state index in [4.69, 9.17) is 4.74 Å². The van der Waals surface area contributed by atoms with Crippen molar-refractivity contribution in [3.05, 3.63) is 29.8 Å². The number of aromatic nitrogens is 5. The molecule has 0 aliphatic rings. The Morgan fingerprint density at radius 1 is 1.37 bits per heavy atom. The maximum Gasteiger partial charge on any atom is 0.422 e. The number of halogens is 3. The molecule has 0 aromatic carbocycles. The molecule has 6 nitrogen and oxygen atoms in total. The predicted molar refractivity (Wildman–Crippen MR) is 57.4 cm³/mol.